The molecule has 0 bridgehead atoms. The normalized spacial score (nSPS) is 22.2. The highest BCUT2D eigenvalue weighted by atomic mass is 35.5. The van der Waals surface area contributed by atoms with Crippen molar-refractivity contribution < 1.29 is 4.79 Å². The van der Waals surface area contributed by atoms with Crippen LogP contribution in [0.15, 0.2) is 0 Å². The van der Waals surface area contributed by atoms with Gasteiger partial charge in [-0.2, -0.15) is 0 Å². The molecule has 4 nitrogen and oxygen atoms in total. The fraction of sp³-hybridized carbons (Fsp3) is 0.938. The van der Waals surface area contributed by atoms with Gasteiger partial charge in [-0.05, 0) is 51.6 Å². The Morgan fingerprint density at radius 3 is 2.71 bits per heavy atom. The van der Waals surface area contributed by atoms with Crippen molar-refractivity contribution in [3.63, 3.8) is 0 Å². The second-order valence-corrected chi connectivity index (χ2v) is 6.29. The van der Waals surface area contributed by atoms with Gasteiger partial charge in [0, 0.05) is 12.6 Å². The summed E-state index contributed by atoms with van der Waals surface area (Å²) in [5, 5.41) is 2.96. The van der Waals surface area contributed by atoms with E-state index in [0.717, 1.165) is 38.4 Å². The van der Waals surface area contributed by atoms with E-state index in [2.05, 4.69) is 24.1 Å². The zero-order valence-electron chi connectivity index (χ0n) is 13.9. The molecule has 0 aromatic carbocycles. The van der Waals surface area contributed by atoms with E-state index in [0.29, 0.717) is 0 Å². The van der Waals surface area contributed by atoms with Crippen molar-refractivity contribution in [2.24, 2.45) is 11.7 Å². The second-order valence-electron chi connectivity index (χ2n) is 6.29. The number of hydrogen-bond donors (Lipinski definition) is 2. The first-order valence-electron chi connectivity index (χ1n) is 8.33. The molecule has 0 spiro atoms. The maximum atomic E-state index is 11.8. The minimum atomic E-state index is -0.359. The average Bonchev–Trinajstić information content (AvgIpc) is 2.46. The molecule has 1 heterocycles. The first kappa shape index (κ1) is 20.7. The molecule has 1 saturated heterocycles. The summed E-state index contributed by atoms with van der Waals surface area (Å²) >= 11 is 0. The molecule has 0 radical (unpaired) electrons. The minimum absolute atomic E-state index is 0. The van der Waals surface area contributed by atoms with E-state index < -0.39 is 0 Å². The number of nitrogens with zero attached hydrogens (tertiary/aromatic N) is 1. The number of unbranched alkanes of at least 4 members (excludes halogenated alkanes) is 1. The number of nitrogens with two attached hydrogens (primary N) is 1. The number of halogens is 1. The molecular weight excluding hydrogens is 286 g/mol. The topological polar surface area (TPSA) is 58.4 Å². The van der Waals surface area contributed by atoms with Crippen LogP contribution in [0.1, 0.15) is 59.3 Å². The molecule has 0 aliphatic carbocycles. The summed E-state index contributed by atoms with van der Waals surface area (Å²) in [7, 11) is 0. The largest absolute Gasteiger partial charge is 0.355 e. The Balaban J connectivity index is 0.00000400. The highest BCUT2D eigenvalue weighted by Crippen LogP contribution is 2.16. The van der Waals surface area contributed by atoms with Crippen LogP contribution in [0, 0.1) is 5.92 Å². The van der Waals surface area contributed by atoms with Gasteiger partial charge >= 0.3 is 0 Å². The van der Waals surface area contributed by atoms with E-state index >= 15 is 0 Å². The van der Waals surface area contributed by atoms with Gasteiger partial charge in [0.1, 0.15) is 0 Å². The van der Waals surface area contributed by atoms with Crippen molar-refractivity contribution in [3.05, 3.63) is 0 Å². The number of hydrogen-bond acceptors (Lipinski definition) is 3. The molecule has 1 amide bonds. The number of piperidine rings is 1. The third-order valence-electron chi connectivity index (χ3n) is 4.67. The van der Waals surface area contributed by atoms with Crippen LogP contribution in [-0.2, 0) is 4.79 Å². The number of rotatable bonds is 8. The molecule has 1 aliphatic rings. The number of carbonyl (C=O) groups excluding carboxylic acids is 1. The third kappa shape index (κ3) is 7.48. The van der Waals surface area contributed by atoms with E-state index in [9.17, 15) is 4.79 Å². The van der Waals surface area contributed by atoms with E-state index in [1.807, 2.05) is 6.92 Å². The van der Waals surface area contributed by atoms with E-state index in [-0.39, 0.29) is 30.3 Å². The number of nitrogens with one attached hydrogen (secondary N) is 1. The summed E-state index contributed by atoms with van der Waals surface area (Å²) in [6, 6.07) is 0.374. The number of amides is 1. The Hall–Kier alpha value is -0.320. The molecule has 1 aliphatic heterocycles. The van der Waals surface area contributed by atoms with Crippen molar-refractivity contribution in [2.75, 3.05) is 19.6 Å². The van der Waals surface area contributed by atoms with Gasteiger partial charge in [-0.1, -0.05) is 26.7 Å². The second kappa shape index (κ2) is 11.3. The highest BCUT2D eigenvalue weighted by molar-refractivity contribution is 5.85. The molecule has 0 aromatic rings. The fourth-order valence-electron chi connectivity index (χ4n) is 2.77. The SMILES string of the molecule is CCC(C)C(N)C(=O)NCCCCN1CCCCC1C.Cl. The van der Waals surface area contributed by atoms with Gasteiger partial charge in [0.25, 0.3) is 0 Å². The monoisotopic (exact) mass is 319 g/mol. The summed E-state index contributed by atoms with van der Waals surface area (Å²) in [6.07, 6.45) is 7.19. The highest BCUT2D eigenvalue weighted by Gasteiger charge is 2.19. The van der Waals surface area contributed by atoms with Crippen LogP contribution in [0.3, 0.4) is 0 Å². The molecular formula is C16H34ClN3O. The van der Waals surface area contributed by atoms with Crippen LogP contribution in [-0.4, -0.2) is 42.5 Å². The summed E-state index contributed by atoms with van der Waals surface area (Å²) < 4.78 is 0. The Morgan fingerprint density at radius 1 is 1.38 bits per heavy atom. The van der Waals surface area contributed by atoms with E-state index in [4.69, 9.17) is 5.73 Å². The van der Waals surface area contributed by atoms with Gasteiger partial charge in [-0.25, -0.2) is 0 Å². The van der Waals surface area contributed by atoms with Crippen LogP contribution >= 0.6 is 12.4 Å². The van der Waals surface area contributed by atoms with Gasteiger partial charge in [-0.15, -0.1) is 12.4 Å². The van der Waals surface area contributed by atoms with Crippen LogP contribution in [0.25, 0.3) is 0 Å². The lowest BCUT2D eigenvalue weighted by atomic mass is 9.99. The fourth-order valence-corrected chi connectivity index (χ4v) is 2.77. The van der Waals surface area contributed by atoms with Gasteiger partial charge in [-0.3, -0.25) is 4.79 Å². The Labute approximate surface area is 136 Å². The Morgan fingerprint density at radius 2 is 2.10 bits per heavy atom. The van der Waals surface area contributed by atoms with Crippen molar-refractivity contribution in [1.29, 1.82) is 0 Å². The van der Waals surface area contributed by atoms with E-state index in [1.54, 1.807) is 0 Å². The summed E-state index contributed by atoms with van der Waals surface area (Å²) in [5.74, 6) is 0.259. The molecule has 3 unspecified atom stereocenters. The predicted molar refractivity (Wildman–Crippen MR) is 91.8 cm³/mol. The zero-order valence-corrected chi connectivity index (χ0v) is 14.8. The molecule has 1 fully saturated rings. The van der Waals surface area contributed by atoms with Crippen molar-refractivity contribution in [1.82, 2.24) is 10.2 Å². The van der Waals surface area contributed by atoms with Gasteiger partial charge in [0.2, 0.25) is 5.91 Å². The smallest absolute Gasteiger partial charge is 0.237 e. The molecule has 0 saturated carbocycles. The molecule has 21 heavy (non-hydrogen) atoms. The summed E-state index contributed by atoms with van der Waals surface area (Å²) in [5.41, 5.74) is 5.90. The maximum Gasteiger partial charge on any atom is 0.237 e. The lowest BCUT2D eigenvalue weighted by Crippen LogP contribution is -2.45. The first-order chi connectivity index (χ1) is 9.56. The molecule has 5 heteroatoms. The minimum Gasteiger partial charge on any atom is -0.355 e. The van der Waals surface area contributed by atoms with Crippen molar-refractivity contribution >= 4 is 18.3 Å². The van der Waals surface area contributed by atoms with Crippen LogP contribution in [0.4, 0.5) is 0 Å². The molecule has 3 atom stereocenters. The third-order valence-corrected chi connectivity index (χ3v) is 4.67. The average molecular weight is 320 g/mol. The first-order valence-corrected chi connectivity index (χ1v) is 8.33. The molecule has 1 rings (SSSR count). The van der Waals surface area contributed by atoms with Crippen LogP contribution in [0.2, 0.25) is 0 Å². The number of carbonyl (C=O) groups is 1. The lowest BCUT2D eigenvalue weighted by Gasteiger charge is -2.33. The van der Waals surface area contributed by atoms with Crippen LogP contribution in [0.5, 0.6) is 0 Å². The summed E-state index contributed by atoms with van der Waals surface area (Å²) in [4.78, 5) is 14.4. The Kier molecular flexibility index (Phi) is 11.1. The van der Waals surface area contributed by atoms with Crippen LogP contribution < -0.4 is 11.1 Å². The number of likely N-dealkylation sites (tertiary alicyclic amines) is 1. The molecule has 126 valence electrons. The van der Waals surface area contributed by atoms with Gasteiger partial charge < -0.3 is 16.0 Å². The Bertz CT molecular complexity index is 289. The van der Waals surface area contributed by atoms with Gasteiger partial charge in [0.15, 0.2) is 0 Å². The predicted octanol–water partition coefficient (Wildman–Crippen LogP) is 2.55. The summed E-state index contributed by atoms with van der Waals surface area (Å²) in [6.45, 7) is 9.58. The maximum absolute atomic E-state index is 11.8. The van der Waals surface area contributed by atoms with E-state index in [1.165, 1.54) is 25.8 Å². The molecule has 3 N–H and O–H groups in total. The van der Waals surface area contributed by atoms with Crippen molar-refractivity contribution in [2.45, 2.75) is 71.4 Å². The quantitative estimate of drug-likeness (QED) is 0.676. The standard InChI is InChI=1S/C16H33N3O.ClH/c1-4-13(2)15(17)16(20)18-10-6-8-12-19-11-7-5-9-14(19)3;/h13-15H,4-12,17H2,1-3H3,(H,18,20);1H. The van der Waals surface area contributed by atoms with Gasteiger partial charge in [0.05, 0.1) is 6.04 Å². The lowest BCUT2D eigenvalue weighted by molar-refractivity contribution is -0.123. The molecule has 0 aromatic heterocycles. The zero-order chi connectivity index (χ0) is 15.0. The van der Waals surface area contributed by atoms with Crippen molar-refractivity contribution in [3.8, 4) is 0 Å².